The Morgan fingerprint density at radius 3 is 1.95 bits per heavy atom. The Labute approximate surface area is 124 Å². The highest BCUT2D eigenvalue weighted by atomic mass is 16.5. The number of hydrogen-bond acceptors (Lipinski definition) is 2. The van der Waals surface area contributed by atoms with E-state index in [0.717, 1.165) is 6.42 Å². The predicted octanol–water partition coefficient (Wildman–Crippen LogP) is 3.80. The van der Waals surface area contributed by atoms with E-state index in [1.54, 1.807) is 0 Å². The molecule has 0 aromatic heterocycles. The smallest absolute Gasteiger partial charge is 0.0775 e. The Morgan fingerprint density at radius 2 is 1.60 bits per heavy atom. The summed E-state index contributed by atoms with van der Waals surface area (Å²) < 4.78 is 5.78. The average Bonchev–Trinajstić information content (AvgIpc) is 2.30. The van der Waals surface area contributed by atoms with Gasteiger partial charge in [-0.15, -0.1) is 0 Å². The van der Waals surface area contributed by atoms with Crippen LogP contribution in [0.3, 0.4) is 0 Å². The molecule has 1 aromatic rings. The molecule has 0 bridgehead atoms. The summed E-state index contributed by atoms with van der Waals surface area (Å²) in [5.74, 6) is 0. The number of aryl methyl sites for hydroxylation is 3. The molecule has 0 amide bonds. The zero-order valence-corrected chi connectivity index (χ0v) is 14.4. The SMILES string of the molecule is CNC(Cc1c(C)cc(C)cc1C)C(OC)C(C)(C)C. The molecule has 2 nitrogen and oxygen atoms in total. The van der Waals surface area contributed by atoms with Gasteiger partial charge in [0.1, 0.15) is 0 Å². The lowest BCUT2D eigenvalue weighted by molar-refractivity contribution is -0.00927. The van der Waals surface area contributed by atoms with Crippen molar-refractivity contribution < 1.29 is 4.74 Å². The molecule has 0 saturated heterocycles. The number of rotatable bonds is 5. The molecule has 0 aliphatic carbocycles. The third kappa shape index (κ3) is 4.07. The molecule has 0 saturated carbocycles. The molecule has 114 valence electrons. The van der Waals surface area contributed by atoms with Crippen molar-refractivity contribution in [1.29, 1.82) is 0 Å². The van der Waals surface area contributed by atoms with E-state index in [-0.39, 0.29) is 11.5 Å². The van der Waals surface area contributed by atoms with Crippen LogP contribution in [0.25, 0.3) is 0 Å². The van der Waals surface area contributed by atoms with Gasteiger partial charge < -0.3 is 10.1 Å². The quantitative estimate of drug-likeness (QED) is 0.884. The van der Waals surface area contributed by atoms with Gasteiger partial charge in [-0.1, -0.05) is 38.5 Å². The van der Waals surface area contributed by atoms with Gasteiger partial charge in [-0.05, 0) is 56.3 Å². The monoisotopic (exact) mass is 277 g/mol. The van der Waals surface area contributed by atoms with Crippen LogP contribution in [0.1, 0.15) is 43.0 Å². The number of likely N-dealkylation sites (N-methyl/N-ethyl adjacent to an activating group) is 1. The van der Waals surface area contributed by atoms with Crippen LogP contribution in [0.4, 0.5) is 0 Å². The second kappa shape index (κ2) is 6.73. The highest BCUT2D eigenvalue weighted by Gasteiger charge is 2.32. The molecular weight excluding hydrogens is 246 g/mol. The van der Waals surface area contributed by atoms with Gasteiger partial charge in [0, 0.05) is 13.2 Å². The lowest BCUT2D eigenvalue weighted by Gasteiger charge is -2.36. The van der Waals surface area contributed by atoms with Crippen LogP contribution in [0.5, 0.6) is 0 Å². The molecule has 2 atom stereocenters. The van der Waals surface area contributed by atoms with E-state index in [2.05, 4.69) is 59.0 Å². The minimum Gasteiger partial charge on any atom is -0.379 e. The van der Waals surface area contributed by atoms with Crippen molar-refractivity contribution >= 4 is 0 Å². The van der Waals surface area contributed by atoms with E-state index in [4.69, 9.17) is 4.74 Å². The van der Waals surface area contributed by atoms with E-state index < -0.39 is 0 Å². The van der Waals surface area contributed by atoms with Crippen molar-refractivity contribution in [3.63, 3.8) is 0 Å². The molecule has 1 N–H and O–H groups in total. The molecule has 1 rings (SSSR count). The van der Waals surface area contributed by atoms with E-state index in [0.29, 0.717) is 6.04 Å². The number of hydrogen-bond donors (Lipinski definition) is 1. The normalized spacial score (nSPS) is 15.2. The van der Waals surface area contributed by atoms with Crippen molar-refractivity contribution in [3.05, 3.63) is 34.4 Å². The molecule has 0 aliphatic heterocycles. The summed E-state index contributed by atoms with van der Waals surface area (Å²) in [6, 6.07) is 4.86. The van der Waals surface area contributed by atoms with Gasteiger partial charge >= 0.3 is 0 Å². The summed E-state index contributed by atoms with van der Waals surface area (Å²) in [7, 11) is 3.84. The third-order valence-corrected chi connectivity index (χ3v) is 4.11. The summed E-state index contributed by atoms with van der Waals surface area (Å²) in [6.07, 6.45) is 1.19. The van der Waals surface area contributed by atoms with Crippen LogP contribution in [0.2, 0.25) is 0 Å². The molecule has 2 heteroatoms. The maximum atomic E-state index is 5.78. The molecule has 0 radical (unpaired) electrons. The second-order valence-electron chi connectivity index (χ2n) is 7.00. The Bertz CT molecular complexity index is 422. The molecule has 0 aliphatic rings. The Balaban J connectivity index is 3.05. The first-order chi connectivity index (χ1) is 9.20. The standard InChI is InChI=1S/C18H31NO/c1-12-9-13(2)15(14(3)10-12)11-16(19-7)17(20-8)18(4,5)6/h9-10,16-17,19H,11H2,1-8H3. The maximum absolute atomic E-state index is 5.78. The van der Waals surface area contributed by atoms with Crippen molar-refractivity contribution in [2.75, 3.05) is 14.2 Å². The molecule has 0 spiro atoms. The Hall–Kier alpha value is -0.860. The van der Waals surface area contributed by atoms with Crippen molar-refractivity contribution in [2.24, 2.45) is 5.41 Å². The maximum Gasteiger partial charge on any atom is 0.0775 e. The van der Waals surface area contributed by atoms with Crippen LogP contribution in [0.15, 0.2) is 12.1 Å². The Morgan fingerprint density at radius 1 is 1.10 bits per heavy atom. The van der Waals surface area contributed by atoms with Gasteiger partial charge in [0.15, 0.2) is 0 Å². The summed E-state index contributed by atoms with van der Waals surface area (Å²) >= 11 is 0. The number of benzene rings is 1. The van der Waals surface area contributed by atoms with Gasteiger partial charge in [0.25, 0.3) is 0 Å². The average molecular weight is 277 g/mol. The summed E-state index contributed by atoms with van der Waals surface area (Å²) in [4.78, 5) is 0. The van der Waals surface area contributed by atoms with Crippen molar-refractivity contribution in [2.45, 2.75) is 60.1 Å². The van der Waals surface area contributed by atoms with Gasteiger partial charge in [0.2, 0.25) is 0 Å². The number of nitrogens with one attached hydrogen (secondary N) is 1. The fourth-order valence-electron chi connectivity index (χ4n) is 3.23. The molecule has 0 heterocycles. The molecule has 1 aromatic carbocycles. The predicted molar refractivity (Wildman–Crippen MR) is 87.5 cm³/mol. The topological polar surface area (TPSA) is 21.3 Å². The second-order valence-corrected chi connectivity index (χ2v) is 7.00. The van der Waals surface area contributed by atoms with Crippen molar-refractivity contribution in [3.8, 4) is 0 Å². The van der Waals surface area contributed by atoms with Gasteiger partial charge in [0.05, 0.1) is 6.10 Å². The molecular formula is C18H31NO. The van der Waals surface area contributed by atoms with Gasteiger partial charge in [-0.3, -0.25) is 0 Å². The minimum absolute atomic E-state index is 0.120. The van der Waals surface area contributed by atoms with E-state index in [9.17, 15) is 0 Å². The van der Waals surface area contributed by atoms with Crippen LogP contribution in [-0.4, -0.2) is 26.3 Å². The largest absolute Gasteiger partial charge is 0.379 e. The number of methoxy groups -OCH3 is 1. The summed E-state index contributed by atoms with van der Waals surface area (Å²) in [5, 5.41) is 3.45. The van der Waals surface area contributed by atoms with Crippen LogP contribution in [0, 0.1) is 26.2 Å². The zero-order chi connectivity index (χ0) is 15.5. The minimum atomic E-state index is 0.120. The number of ether oxygens (including phenoxy) is 1. The fraction of sp³-hybridized carbons (Fsp3) is 0.667. The highest BCUT2D eigenvalue weighted by molar-refractivity contribution is 5.38. The van der Waals surface area contributed by atoms with E-state index >= 15 is 0 Å². The first kappa shape index (κ1) is 17.2. The fourth-order valence-corrected chi connectivity index (χ4v) is 3.23. The van der Waals surface area contributed by atoms with Crippen molar-refractivity contribution in [1.82, 2.24) is 5.32 Å². The Kier molecular flexibility index (Phi) is 5.79. The third-order valence-electron chi connectivity index (χ3n) is 4.11. The first-order valence-corrected chi connectivity index (χ1v) is 7.47. The highest BCUT2D eigenvalue weighted by Crippen LogP contribution is 2.27. The van der Waals surface area contributed by atoms with Crippen LogP contribution in [-0.2, 0) is 11.2 Å². The van der Waals surface area contributed by atoms with Crippen LogP contribution >= 0.6 is 0 Å². The van der Waals surface area contributed by atoms with Gasteiger partial charge in [-0.25, -0.2) is 0 Å². The zero-order valence-electron chi connectivity index (χ0n) is 14.4. The van der Waals surface area contributed by atoms with Crippen LogP contribution < -0.4 is 5.32 Å². The lowest BCUT2D eigenvalue weighted by atomic mass is 9.81. The van der Waals surface area contributed by atoms with E-state index in [1.807, 2.05) is 14.2 Å². The van der Waals surface area contributed by atoms with E-state index in [1.165, 1.54) is 22.3 Å². The first-order valence-electron chi connectivity index (χ1n) is 7.47. The van der Waals surface area contributed by atoms with Gasteiger partial charge in [-0.2, -0.15) is 0 Å². The molecule has 0 fully saturated rings. The molecule has 20 heavy (non-hydrogen) atoms. The summed E-state index contributed by atoms with van der Waals surface area (Å²) in [6.45, 7) is 13.3. The molecule has 2 unspecified atom stereocenters. The lowest BCUT2D eigenvalue weighted by Crippen LogP contribution is -2.47. The summed E-state index contributed by atoms with van der Waals surface area (Å²) in [5.41, 5.74) is 5.66.